The minimum Gasteiger partial charge on any atom is -0.207 e. The molecule has 1 aliphatic rings. The van der Waals surface area contributed by atoms with Gasteiger partial charge in [0, 0.05) is 23.1 Å². The molecule has 2 aromatic carbocycles. The predicted molar refractivity (Wildman–Crippen MR) is 111 cm³/mol. The Labute approximate surface area is 161 Å². The SMILES string of the molecule is Cc1cc(C)c(C)c(-c2ccc3cc(F)c(C4CCCCC4)cc3[n+]2C)c1. The summed E-state index contributed by atoms with van der Waals surface area (Å²) in [4.78, 5) is 0. The van der Waals surface area contributed by atoms with E-state index in [2.05, 4.69) is 62.7 Å². The van der Waals surface area contributed by atoms with Crippen LogP contribution in [0.15, 0.2) is 36.4 Å². The van der Waals surface area contributed by atoms with E-state index in [1.165, 1.54) is 47.2 Å². The second-order valence-corrected chi connectivity index (χ2v) is 8.30. The highest BCUT2D eigenvalue weighted by Gasteiger charge is 2.23. The van der Waals surface area contributed by atoms with Crippen molar-refractivity contribution in [3.8, 4) is 11.3 Å². The Hall–Kier alpha value is -2.22. The first-order valence-electron chi connectivity index (χ1n) is 10.2. The van der Waals surface area contributed by atoms with Crippen LogP contribution in [0.1, 0.15) is 60.3 Å². The fraction of sp³-hybridized carbons (Fsp3) is 0.400. The summed E-state index contributed by atoms with van der Waals surface area (Å²) in [6.07, 6.45) is 5.95. The van der Waals surface area contributed by atoms with E-state index in [1.54, 1.807) is 6.07 Å². The largest absolute Gasteiger partial charge is 0.213 e. The highest BCUT2D eigenvalue weighted by molar-refractivity contribution is 5.79. The molecule has 0 atom stereocenters. The summed E-state index contributed by atoms with van der Waals surface area (Å²) in [5, 5.41) is 0.973. The van der Waals surface area contributed by atoms with Gasteiger partial charge in [0.25, 0.3) is 0 Å². The molecule has 3 aromatic rings. The minimum absolute atomic E-state index is 0.0373. The summed E-state index contributed by atoms with van der Waals surface area (Å²) < 4.78 is 17.1. The Morgan fingerprint density at radius 3 is 2.41 bits per heavy atom. The van der Waals surface area contributed by atoms with Crippen LogP contribution < -0.4 is 4.57 Å². The Morgan fingerprint density at radius 2 is 1.67 bits per heavy atom. The van der Waals surface area contributed by atoms with Crippen LogP contribution in [0.3, 0.4) is 0 Å². The third-order valence-electron chi connectivity index (χ3n) is 6.42. The molecular formula is C25H29FN+. The number of rotatable bonds is 2. The maximum atomic E-state index is 14.8. The van der Waals surface area contributed by atoms with Gasteiger partial charge in [0.1, 0.15) is 12.9 Å². The number of halogens is 1. The zero-order valence-corrected chi connectivity index (χ0v) is 16.9. The van der Waals surface area contributed by atoms with Crippen LogP contribution in [0, 0.1) is 26.6 Å². The van der Waals surface area contributed by atoms with E-state index in [-0.39, 0.29) is 5.82 Å². The van der Waals surface area contributed by atoms with Crippen molar-refractivity contribution in [2.75, 3.05) is 0 Å². The van der Waals surface area contributed by atoms with E-state index < -0.39 is 0 Å². The number of hydrogen-bond acceptors (Lipinski definition) is 0. The Morgan fingerprint density at radius 1 is 0.926 bits per heavy atom. The van der Waals surface area contributed by atoms with Crippen LogP contribution in [0.4, 0.5) is 4.39 Å². The Kier molecular flexibility index (Phi) is 4.75. The van der Waals surface area contributed by atoms with Gasteiger partial charge >= 0.3 is 0 Å². The van der Waals surface area contributed by atoms with Crippen LogP contribution in [0.25, 0.3) is 22.2 Å². The van der Waals surface area contributed by atoms with Gasteiger partial charge in [0.15, 0.2) is 0 Å². The zero-order valence-electron chi connectivity index (χ0n) is 16.9. The lowest BCUT2D eigenvalue weighted by Gasteiger charge is -2.22. The van der Waals surface area contributed by atoms with Crippen molar-refractivity contribution < 1.29 is 8.96 Å². The van der Waals surface area contributed by atoms with E-state index in [4.69, 9.17) is 0 Å². The Bertz CT molecular complexity index is 1010. The van der Waals surface area contributed by atoms with E-state index >= 15 is 0 Å². The maximum absolute atomic E-state index is 14.8. The van der Waals surface area contributed by atoms with Crippen LogP contribution in [0.2, 0.25) is 0 Å². The average Bonchev–Trinajstić information content (AvgIpc) is 2.65. The van der Waals surface area contributed by atoms with Crippen molar-refractivity contribution in [3.05, 3.63) is 64.5 Å². The number of pyridine rings is 1. The minimum atomic E-state index is -0.0373. The van der Waals surface area contributed by atoms with Gasteiger partial charge in [-0.05, 0) is 74.4 Å². The van der Waals surface area contributed by atoms with Gasteiger partial charge in [-0.3, -0.25) is 0 Å². The summed E-state index contributed by atoms with van der Waals surface area (Å²) in [5.74, 6) is 0.333. The fourth-order valence-electron chi connectivity index (χ4n) is 4.73. The molecule has 4 rings (SSSR count). The molecule has 0 N–H and O–H groups in total. The molecule has 2 heteroatoms. The lowest BCUT2D eigenvalue weighted by molar-refractivity contribution is -0.633. The van der Waals surface area contributed by atoms with Gasteiger partial charge in [-0.25, -0.2) is 4.39 Å². The normalized spacial score (nSPS) is 15.4. The number of fused-ring (bicyclic) bond motifs is 1. The van der Waals surface area contributed by atoms with E-state index in [0.29, 0.717) is 5.92 Å². The van der Waals surface area contributed by atoms with Crippen molar-refractivity contribution in [1.29, 1.82) is 0 Å². The van der Waals surface area contributed by atoms with E-state index in [1.807, 2.05) is 0 Å². The second kappa shape index (κ2) is 7.07. The second-order valence-electron chi connectivity index (χ2n) is 8.30. The van der Waals surface area contributed by atoms with Crippen molar-refractivity contribution in [2.45, 2.75) is 58.8 Å². The molecule has 0 aliphatic heterocycles. The highest BCUT2D eigenvalue weighted by Crippen LogP contribution is 2.35. The predicted octanol–water partition coefficient (Wildman–Crippen LogP) is 6.44. The lowest BCUT2D eigenvalue weighted by Crippen LogP contribution is -2.32. The number of hydrogen-bond donors (Lipinski definition) is 0. The Balaban J connectivity index is 1.90. The molecule has 1 nitrogen and oxygen atoms in total. The molecule has 27 heavy (non-hydrogen) atoms. The third-order valence-corrected chi connectivity index (χ3v) is 6.42. The zero-order chi connectivity index (χ0) is 19.1. The van der Waals surface area contributed by atoms with Gasteiger partial charge in [0.05, 0.1) is 0 Å². The third kappa shape index (κ3) is 3.26. The molecule has 0 spiro atoms. The van der Waals surface area contributed by atoms with Crippen LogP contribution in [0.5, 0.6) is 0 Å². The molecule has 1 heterocycles. The summed E-state index contributed by atoms with van der Waals surface area (Å²) in [7, 11) is 2.11. The summed E-state index contributed by atoms with van der Waals surface area (Å²) in [6, 6.07) is 12.5. The molecule has 1 aromatic heterocycles. The van der Waals surface area contributed by atoms with Gasteiger partial charge in [-0.2, -0.15) is 4.57 Å². The molecule has 0 unspecified atom stereocenters. The smallest absolute Gasteiger partial charge is 0.207 e. The first-order valence-corrected chi connectivity index (χ1v) is 10.2. The quantitative estimate of drug-likeness (QED) is 0.462. The summed E-state index contributed by atoms with van der Waals surface area (Å²) >= 11 is 0. The number of nitrogens with zero attached hydrogens (tertiary/aromatic N) is 1. The van der Waals surface area contributed by atoms with Gasteiger partial charge in [-0.15, -0.1) is 0 Å². The molecule has 0 amide bonds. The first-order chi connectivity index (χ1) is 13.0. The molecule has 1 fully saturated rings. The van der Waals surface area contributed by atoms with E-state index in [0.717, 1.165) is 29.3 Å². The molecular weight excluding hydrogens is 333 g/mol. The van der Waals surface area contributed by atoms with Crippen LogP contribution in [-0.2, 0) is 7.05 Å². The standard InChI is InChI=1S/C25H29FN/c1-16-12-17(2)18(3)21(13-16)24-11-10-20-14-23(26)22(15-25(20)27(24)4)19-8-6-5-7-9-19/h10-15,19H,5-9H2,1-4H3/q+1. The van der Waals surface area contributed by atoms with E-state index in [9.17, 15) is 4.39 Å². The van der Waals surface area contributed by atoms with Gasteiger partial charge in [0.2, 0.25) is 11.2 Å². The van der Waals surface area contributed by atoms with Gasteiger partial charge < -0.3 is 0 Å². The molecule has 1 aliphatic carbocycles. The highest BCUT2D eigenvalue weighted by atomic mass is 19.1. The average molecular weight is 363 g/mol. The maximum Gasteiger partial charge on any atom is 0.213 e. The van der Waals surface area contributed by atoms with Crippen LogP contribution >= 0.6 is 0 Å². The number of aryl methyl sites for hydroxylation is 3. The summed E-state index contributed by atoms with van der Waals surface area (Å²) in [5.41, 5.74) is 8.38. The van der Waals surface area contributed by atoms with Crippen molar-refractivity contribution >= 4 is 10.9 Å². The fourth-order valence-corrected chi connectivity index (χ4v) is 4.73. The molecule has 0 bridgehead atoms. The molecule has 140 valence electrons. The molecule has 1 saturated carbocycles. The molecule has 0 radical (unpaired) electrons. The lowest BCUT2D eigenvalue weighted by atomic mass is 9.83. The van der Waals surface area contributed by atoms with Crippen molar-refractivity contribution in [1.82, 2.24) is 0 Å². The first kappa shape index (κ1) is 18.2. The van der Waals surface area contributed by atoms with Crippen molar-refractivity contribution in [2.24, 2.45) is 7.05 Å². The summed E-state index contributed by atoms with van der Waals surface area (Å²) in [6.45, 7) is 6.50. The number of aromatic nitrogens is 1. The van der Waals surface area contributed by atoms with Gasteiger partial charge in [-0.1, -0.05) is 30.9 Å². The molecule has 0 saturated heterocycles. The topological polar surface area (TPSA) is 3.88 Å². The van der Waals surface area contributed by atoms with Crippen molar-refractivity contribution in [3.63, 3.8) is 0 Å². The number of benzene rings is 2. The monoisotopic (exact) mass is 362 g/mol. The van der Waals surface area contributed by atoms with Crippen LogP contribution in [-0.4, -0.2) is 0 Å².